The Morgan fingerprint density at radius 2 is 1.93 bits per heavy atom. The van der Waals surface area contributed by atoms with Crippen molar-refractivity contribution in [1.82, 2.24) is 15.6 Å². The molecule has 0 unspecified atom stereocenters. The maximum Gasteiger partial charge on any atom is 0.320 e. The van der Waals surface area contributed by atoms with Gasteiger partial charge >= 0.3 is 6.03 Å². The molecule has 2 heterocycles. The second-order valence-corrected chi connectivity index (χ2v) is 7.28. The molecule has 1 aliphatic heterocycles. The van der Waals surface area contributed by atoms with E-state index in [2.05, 4.69) is 62.8 Å². The summed E-state index contributed by atoms with van der Waals surface area (Å²) < 4.78 is 5.42. The van der Waals surface area contributed by atoms with Crippen molar-refractivity contribution in [1.29, 1.82) is 0 Å². The van der Waals surface area contributed by atoms with Crippen molar-refractivity contribution in [2.75, 3.05) is 37.7 Å². The van der Waals surface area contributed by atoms with Gasteiger partial charge in [-0.05, 0) is 49.6 Å². The number of amides is 2. The molecule has 1 aromatic heterocycles. The second-order valence-electron chi connectivity index (χ2n) is 7.28. The Morgan fingerprint density at radius 3 is 2.60 bits per heavy atom. The van der Waals surface area contributed by atoms with Crippen LogP contribution < -0.4 is 15.5 Å². The highest BCUT2D eigenvalue weighted by Crippen LogP contribution is 2.29. The molecule has 2 amide bonds. The Hall–Kier alpha value is -2.93. The molecule has 0 spiro atoms. The van der Waals surface area contributed by atoms with Gasteiger partial charge in [0, 0.05) is 31.4 Å². The number of nitrogens with one attached hydrogen (secondary N) is 2. The van der Waals surface area contributed by atoms with Crippen LogP contribution in [0.3, 0.4) is 0 Å². The third-order valence-corrected chi connectivity index (χ3v) is 4.94. The van der Waals surface area contributed by atoms with E-state index in [1.54, 1.807) is 6.92 Å². The number of aliphatic imine (C=N–C) groups is 1. The van der Waals surface area contributed by atoms with Gasteiger partial charge < -0.3 is 15.0 Å². The lowest BCUT2D eigenvalue weighted by molar-refractivity contribution is 0.122. The first kappa shape index (κ1) is 21.8. The number of urea groups is 1. The van der Waals surface area contributed by atoms with Crippen molar-refractivity contribution in [2.45, 2.75) is 33.6 Å². The van der Waals surface area contributed by atoms with Gasteiger partial charge in [-0.1, -0.05) is 25.5 Å². The molecule has 160 valence electrons. The number of morpholine rings is 1. The minimum atomic E-state index is -0.241. The largest absolute Gasteiger partial charge is 0.378 e. The van der Waals surface area contributed by atoms with Crippen LogP contribution in [0.2, 0.25) is 0 Å². The number of hydrogen-bond donors (Lipinski definition) is 2. The van der Waals surface area contributed by atoms with Crippen LogP contribution in [0.15, 0.2) is 41.5 Å². The van der Waals surface area contributed by atoms with E-state index >= 15 is 0 Å². The molecule has 0 aliphatic carbocycles. The molecule has 1 aliphatic rings. The molecule has 7 nitrogen and oxygen atoms in total. The third kappa shape index (κ3) is 5.79. The molecule has 1 fully saturated rings. The molecular formula is C23H31N5O2. The predicted molar refractivity (Wildman–Crippen MR) is 122 cm³/mol. The standard InChI is InChI=1S/C23H31N5O2/c1-4-6-18-7-8-19(15-21(18)26-17(3)27-23(29)24-5-2)20-9-10-22(25-16-20)28-11-13-30-14-12-28/h7-10,15-16H,4-6,11-14H2,1-3H3,(H2,24,26,27,29). The highest BCUT2D eigenvalue weighted by Gasteiger charge is 2.13. The van der Waals surface area contributed by atoms with Crippen molar-refractivity contribution in [3.05, 3.63) is 42.1 Å². The van der Waals surface area contributed by atoms with Gasteiger partial charge in [0.1, 0.15) is 11.7 Å². The normalized spacial score (nSPS) is 14.5. The minimum Gasteiger partial charge on any atom is -0.378 e. The molecule has 2 aromatic rings. The van der Waals surface area contributed by atoms with Crippen LogP contribution >= 0.6 is 0 Å². The highest BCUT2D eigenvalue weighted by atomic mass is 16.5. The van der Waals surface area contributed by atoms with E-state index in [0.29, 0.717) is 12.4 Å². The highest BCUT2D eigenvalue weighted by molar-refractivity contribution is 5.97. The molecule has 1 aromatic carbocycles. The zero-order valence-electron chi connectivity index (χ0n) is 18.1. The lowest BCUT2D eigenvalue weighted by Gasteiger charge is -2.27. The molecule has 2 N–H and O–H groups in total. The van der Waals surface area contributed by atoms with Crippen molar-refractivity contribution >= 4 is 23.4 Å². The first-order valence-electron chi connectivity index (χ1n) is 10.6. The van der Waals surface area contributed by atoms with E-state index in [9.17, 15) is 4.79 Å². The van der Waals surface area contributed by atoms with E-state index < -0.39 is 0 Å². The summed E-state index contributed by atoms with van der Waals surface area (Å²) in [4.78, 5) is 23.4. The van der Waals surface area contributed by atoms with Crippen LogP contribution in [-0.2, 0) is 11.2 Å². The van der Waals surface area contributed by atoms with E-state index in [0.717, 1.165) is 67.3 Å². The third-order valence-electron chi connectivity index (χ3n) is 4.94. The maximum atomic E-state index is 11.8. The quantitative estimate of drug-likeness (QED) is 0.560. The zero-order valence-corrected chi connectivity index (χ0v) is 18.1. The molecule has 0 saturated carbocycles. The zero-order chi connectivity index (χ0) is 21.3. The molecular weight excluding hydrogens is 378 g/mol. The number of benzene rings is 1. The van der Waals surface area contributed by atoms with Crippen LogP contribution in [0.1, 0.15) is 32.8 Å². The Labute approximate surface area is 178 Å². The Morgan fingerprint density at radius 1 is 1.17 bits per heavy atom. The molecule has 30 heavy (non-hydrogen) atoms. The van der Waals surface area contributed by atoms with Gasteiger partial charge in [-0.15, -0.1) is 0 Å². The van der Waals surface area contributed by atoms with Gasteiger partial charge in [-0.25, -0.2) is 14.8 Å². The summed E-state index contributed by atoms with van der Waals surface area (Å²) in [6.07, 6.45) is 3.87. The number of pyridine rings is 1. The number of aromatic nitrogens is 1. The lowest BCUT2D eigenvalue weighted by Crippen LogP contribution is -2.38. The number of carbonyl (C=O) groups is 1. The number of rotatable bonds is 6. The first-order valence-corrected chi connectivity index (χ1v) is 10.6. The average Bonchev–Trinajstić information content (AvgIpc) is 2.76. The van der Waals surface area contributed by atoms with E-state index in [1.807, 2.05) is 13.1 Å². The van der Waals surface area contributed by atoms with Crippen molar-refractivity contribution in [3.8, 4) is 11.1 Å². The number of aryl methyl sites for hydroxylation is 1. The van der Waals surface area contributed by atoms with Crippen molar-refractivity contribution in [2.24, 2.45) is 4.99 Å². The predicted octanol–water partition coefficient (Wildman–Crippen LogP) is 3.91. The van der Waals surface area contributed by atoms with Crippen LogP contribution in [0.5, 0.6) is 0 Å². The monoisotopic (exact) mass is 409 g/mol. The number of ether oxygens (including phenoxy) is 1. The van der Waals surface area contributed by atoms with Gasteiger partial charge in [0.05, 0.1) is 18.9 Å². The van der Waals surface area contributed by atoms with Crippen molar-refractivity contribution < 1.29 is 9.53 Å². The smallest absolute Gasteiger partial charge is 0.320 e. The summed E-state index contributed by atoms with van der Waals surface area (Å²) in [6, 6.07) is 10.2. The number of hydrogen-bond acceptors (Lipinski definition) is 5. The topological polar surface area (TPSA) is 78.8 Å². The summed E-state index contributed by atoms with van der Waals surface area (Å²) in [5.74, 6) is 1.54. The van der Waals surface area contributed by atoms with Gasteiger partial charge in [-0.2, -0.15) is 0 Å². The summed E-state index contributed by atoms with van der Waals surface area (Å²) in [5.41, 5.74) is 4.14. The van der Waals surface area contributed by atoms with Crippen molar-refractivity contribution in [3.63, 3.8) is 0 Å². The Bertz CT molecular complexity index is 874. The van der Waals surface area contributed by atoms with Gasteiger partial charge in [0.25, 0.3) is 0 Å². The average molecular weight is 410 g/mol. The van der Waals surface area contributed by atoms with E-state index in [4.69, 9.17) is 4.74 Å². The summed E-state index contributed by atoms with van der Waals surface area (Å²) in [7, 11) is 0. The summed E-state index contributed by atoms with van der Waals surface area (Å²) in [5, 5.41) is 5.49. The molecule has 0 bridgehead atoms. The van der Waals surface area contributed by atoms with Gasteiger partial charge in [0.2, 0.25) is 0 Å². The Balaban J connectivity index is 1.83. The number of nitrogens with zero attached hydrogens (tertiary/aromatic N) is 3. The molecule has 0 radical (unpaired) electrons. The van der Waals surface area contributed by atoms with E-state index in [-0.39, 0.29) is 6.03 Å². The van der Waals surface area contributed by atoms with Crippen LogP contribution in [0, 0.1) is 0 Å². The van der Waals surface area contributed by atoms with Crippen LogP contribution in [0.4, 0.5) is 16.3 Å². The summed E-state index contributed by atoms with van der Waals surface area (Å²) in [6.45, 7) is 9.63. The first-order chi connectivity index (χ1) is 14.6. The number of carbonyl (C=O) groups excluding carboxylic acids is 1. The van der Waals surface area contributed by atoms with Crippen LogP contribution in [0.25, 0.3) is 11.1 Å². The van der Waals surface area contributed by atoms with E-state index in [1.165, 1.54) is 0 Å². The summed E-state index contributed by atoms with van der Waals surface area (Å²) >= 11 is 0. The SMILES string of the molecule is CCCc1ccc(-c2ccc(N3CCOCC3)nc2)cc1N=C(C)NC(=O)NCC. The fourth-order valence-corrected chi connectivity index (χ4v) is 3.44. The van der Waals surface area contributed by atoms with Gasteiger partial charge in [-0.3, -0.25) is 5.32 Å². The number of anilines is 1. The fraction of sp³-hybridized carbons (Fsp3) is 0.435. The van der Waals surface area contributed by atoms with Gasteiger partial charge in [0.15, 0.2) is 0 Å². The lowest BCUT2D eigenvalue weighted by atomic mass is 10.0. The second kappa shape index (κ2) is 10.7. The van der Waals surface area contributed by atoms with Crippen LogP contribution in [-0.4, -0.2) is 49.7 Å². The fourth-order valence-electron chi connectivity index (χ4n) is 3.44. The molecule has 1 saturated heterocycles. The minimum absolute atomic E-state index is 0.241. The maximum absolute atomic E-state index is 11.8. The Kier molecular flexibility index (Phi) is 7.79. The number of amidine groups is 1. The molecule has 3 rings (SSSR count). The molecule has 0 atom stereocenters. The molecule has 7 heteroatoms.